The van der Waals surface area contributed by atoms with Crippen molar-refractivity contribution in [1.82, 2.24) is 15.5 Å². The van der Waals surface area contributed by atoms with Gasteiger partial charge in [-0.25, -0.2) is 4.79 Å². The number of benzene rings is 1. The van der Waals surface area contributed by atoms with E-state index in [9.17, 15) is 14.4 Å². The average Bonchev–Trinajstić information content (AvgIpc) is 3.45. The lowest BCUT2D eigenvalue weighted by molar-refractivity contribution is -0.132. The van der Waals surface area contributed by atoms with Crippen molar-refractivity contribution in [3.8, 4) is 0 Å². The van der Waals surface area contributed by atoms with Crippen molar-refractivity contribution in [2.75, 3.05) is 24.5 Å². The SMILES string of the molecule is O=C1NC(=O)[C@](CCC(=O)N2CCCN3c4ccccc4CC3C2)(C2CC2)N1. The van der Waals surface area contributed by atoms with Gasteiger partial charge in [-0.05, 0) is 49.7 Å². The number of rotatable bonds is 4. The van der Waals surface area contributed by atoms with Gasteiger partial charge in [-0.15, -0.1) is 0 Å². The number of nitrogens with one attached hydrogen (secondary N) is 2. The van der Waals surface area contributed by atoms with Gasteiger partial charge >= 0.3 is 6.03 Å². The Balaban J connectivity index is 1.25. The average molecular weight is 382 g/mol. The predicted molar refractivity (Wildman–Crippen MR) is 104 cm³/mol. The van der Waals surface area contributed by atoms with Crippen LogP contribution in [0.25, 0.3) is 0 Å². The zero-order valence-electron chi connectivity index (χ0n) is 15.9. The molecule has 0 bridgehead atoms. The first-order valence-electron chi connectivity index (χ1n) is 10.3. The third-order valence-corrected chi connectivity index (χ3v) is 6.78. The third kappa shape index (κ3) is 2.84. The molecule has 0 aromatic heterocycles. The second-order valence-corrected chi connectivity index (χ2v) is 8.53. The van der Waals surface area contributed by atoms with Gasteiger partial charge in [-0.2, -0.15) is 0 Å². The number of carbonyl (C=O) groups excluding carboxylic acids is 3. The smallest absolute Gasteiger partial charge is 0.322 e. The number of hydrogen-bond acceptors (Lipinski definition) is 4. The molecule has 2 N–H and O–H groups in total. The molecule has 7 nitrogen and oxygen atoms in total. The molecule has 1 saturated carbocycles. The van der Waals surface area contributed by atoms with E-state index >= 15 is 0 Å². The van der Waals surface area contributed by atoms with Crippen LogP contribution in [-0.2, 0) is 16.0 Å². The Morgan fingerprint density at radius 2 is 2.00 bits per heavy atom. The molecule has 7 heteroatoms. The molecule has 0 spiro atoms. The van der Waals surface area contributed by atoms with Gasteiger partial charge in [-0.1, -0.05) is 18.2 Å². The molecule has 3 fully saturated rings. The van der Waals surface area contributed by atoms with Gasteiger partial charge in [0.15, 0.2) is 0 Å². The summed E-state index contributed by atoms with van der Waals surface area (Å²) in [6.07, 6.45) is 4.47. The fourth-order valence-corrected chi connectivity index (χ4v) is 5.21. The second-order valence-electron chi connectivity index (χ2n) is 8.53. The molecule has 1 aromatic rings. The van der Waals surface area contributed by atoms with Crippen LogP contribution in [0.5, 0.6) is 0 Å². The van der Waals surface area contributed by atoms with Crippen LogP contribution in [-0.4, -0.2) is 54.0 Å². The van der Waals surface area contributed by atoms with E-state index in [-0.39, 0.29) is 17.7 Å². The largest absolute Gasteiger partial charge is 0.366 e. The van der Waals surface area contributed by atoms with E-state index < -0.39 is 11.6 Å². The number of para-hydroxylation sites is 1. The molecule has 1 unspecified atom stereocenters. The monoisotopic (exact) mass is 382 g/mol. The summed E-state index contributed by atoms with van der Waals surface area (Å²) in [5.74, 6) is -0.0106. The van der Waals surface area contributed by atoms with Crippen molar-refractivity contribution in [2.24, 2.45) is 5.92 Å². The van der Waals surface area contributed by atoms with Crippen molar-refractivity contribution in [1.29, 1.82) is 0 Å². The van der Waals surface area contributed by atoms with Crippen LogP contribution in [0.2, 0.25) is 0 Å². The van der Waals surface area contributed by atoms with Crippen LogP contribution < -0.4 is 15.5 Å². The molecule has 1 aliphatic carbocycles. The normalized spacial score (nSPS) is 29.1. The lowest BCUT2D eigenvalue weighted by Gasteiger charge is -2.29. The quantitative estimate of drug-likeness (QED) is 0.772. The number of fused-ring (bicyclic) bond motifs is 3. The van der Waals surface area contributed by atoms with E-state index in [1.54, 1.807) is 0 Å². The van der Waals surface area contributed by atoms with Crippen molar-refractivity contribution < 1.29 is 14.4 Å². The number of urea groups is 1. The Morgan fingerprint density at radius 3 is 2.75 bits per heavy atom. The number of hydrogen-bond donors (Lipinski definition) is 2. The summed E-state index contributed by atoms with van der Waals surface area (Å²) in [5, 5.41) is 5.18. The van der Waals surface area contributed by atoms with Gasteiger partial charge in [0.1, 0.15) is 5.54 Å². The van der Waals surface area contributed by atoms with Crippen LogP contribution in [0.3, 0.4) is 0 Å². The van der Waals surface area contributed by atoms with Gasteiger partial charge in [0.2, 0.25) is 5.91 Å². The summed E-state index contributed by atoms with van der Waals surface area (Å²) in [6.45, 7) is 2.45. The molecular formula is C21H26N4O3. The highest BCUT2D eigenvalue weighted by Gasteiger charge is 2.55. The van der Waals surface area contributed by atoms with Gasteiger partial charge in [0, 0.05) is 31.7 Å². The van der Waals surface area contributed by atoms with Crippen LogP contribution in [0.15, 0.2) is 24.3 Å². The minimum absolute atomic E-state index is 0.0896. The van der Waals surface area contributed by atoms with Crippen LogP contribution in [0, 0.1) is 5.92 Å². The Labute approximate surface area is 164 Å². The Kier molecular flexibility index (Phi) is 4.07. The predicted octanol–water partition coefficient (Wildman–Crippen LogP) is 1.42. The number of anilines is 1. The molecule has 1 aromatic carbocycles. The summed E-state index contributed by atoms with van der Waals surface area (Å²) in [5.41, 5.74) is 1.79. The third-order valence-electron chi connectivity index (χ3n) is 6.78. The number of nitrogens with zero attached hydrogens (tertiary/aromatic N) is 2. The highest BCUT2D eigenvalue weighted by Crippen LogP contribution is 2.44. The van der Waals surface area contributed by atoms with Crippen LogP contribution in [0.4, 0.5) is 10.5 Å². The minimum Gasteiger partial charge on any atom is -0.366 e. The zero-order valence-corrected chi connectivity index (χ0v) is 15.9. The standard InChI is InChI=1S/C21H26N4O3/c26-18(8-9-21(15-6-7-15)19(27)22-20(28)23-21)24-10-3-11-25-16(13-24)12-14-4-1-2-5-17(14)25/h1-2,4-5,15-16H,3,6-13H2,(H2,22,23,27,28)/t16?,21-/m0/s1. The Hall–Kier alpha value is -2.57. The highest BCUT2D eigenvalue weighted by molar-refractivity contribution is 6.07. The number of imide groups is 1. The molecule has 4 amide bonds. The summed E-state index contributed by atoms with van der Waals surface area (Å²) in [4.78, 5) is 41.5. The maximum Gasteiger partial charge on any atom is 0.322 e. The van der Waals surface area contributed by atoms with E-state index in [4.69, 9.17) is 0 Å². The highest BCUT2D eigenvalue weighted by atomic mass is 16.2. The molecule has 2 atom stereocenters. The molecule has 28 heavy (non-hydrogen) atoms. The lowest BCUT2D eigenvalue weighted by atomic mass is 9.87. The van der Waals surface area contributed by atoms with Crippen LogP contribution in [0.1, 0.15) is 37.7 Å². The topological polar surface area (TPSA) is 81.8 Å². The Morgan fingerprint density at radius 1 is 1.18 bits per heavy atom. The molecule has 148 valence electrons. The van der Waals surface area contributed by atoms with Gasteiger partial charge in [-0.3, -0.25) is 14.9 Å². The summed E-state index contributed by atoms with van der Waals surface area (Å²) < 4.78 is 0. The molecule has 3 aliphatic heterocycles. The maximum absolute atomic E-state index is 13.0. The molecule has 2 saturated heterocycles. The second kappa shape index (κ2) is 6.50. The molecule has 4 aliphatic rings. The van der Waals surface area contributed by atoms with E-state index in [2.05, 4.69) is 39.8 Å². The molecule has 3 heterocycles. The first-order chi connectivity index (χ1) is 13.6. The molecule has 5 rings (SSSR count). The Bertz CT molecular complexity index is 837. The molecular weight excluding hydrogens is 356 g/mol. The maximum atomic E-state index is 13.0. The van der Waals surface area contributed by atoms with Crippen LogP contribution >= 0.6 is 0 Å². The van der Waals surface area contributed by atoms with E-state index in [1.165, 1.54) is 11.3 Å². The lowest BCUT2D eigenvalue weighted by Crippen LogP contribution is -2.50. The first-order valence-corrected chi connectivity index (χ1v) is 10.3. The van der Waals surface area contributed by atoms with E-state index in [0.717, 1.165) is 45.3 Å². The number of carbonyl (C=O) groups is 3. The van der Waals surface area contributed by atoms with Crippen molar-refractivity contribution >= 4 is 23.5 Å². The summed E-state index contributed by atoms with van der Waals surface area (Å²) in [7, 11) is 0. The summed E-state index contributed by atoms with van der Waals surface area (Å²) in [6, 6.07) is 8.40. The zero-order chi connectivity index (χ0) is 19.3. The van der Waals surface area contributed by atoms with Gasteiger partial charge < -0.3 is 15.1 Å². The van der Waals surface area contributed by atoms with Gasteiger partial charge in [0.05, 0.1) is 6.04 Å². The van der Waals surface area contributed by atoms with Gasteiger partial charge in [0.25, 0.3) is 5.91 Å². The van der Waals surface area contributed by atoms with Crippen molar-refractivity contribution in [3.63, 3.8) is 0 Å². The number of amides is 4. The van der Waals surface area contributed by atoms with Crippen molar-refractivity contribution in [2.45, 2.75) is 50.1 Å². The summed E-state index contributed by atoms with van der Waals surface area (Å²) >= 11 is 0. The van der Waals surface area contributed by atoms with E-state index in [0.29, 0.717) is 18.9 Å². The van der Waals surface area contributed by atoms with Crippen molar-refractivity contribution in [3.05, 3.63) is 29.8 Å². The fraction of sp³-hybridized carbons (Fsp3) is 0.571. The minimum atomic E-state index is -0.881. The fourth-order valence-electron chi connectivity index (χ4n) is 5.21. The molecule has 0 radical (unpaired) electrons. The van der Waals surface area contributed by atoms with E-state index in [1.807, 2.05) is 4.90 Å². The first kappa shape index (κ1) is 17.5.